The molecule has 0 unspecified atom stereocenters. The van der Waals surface area contributed by atoms with Crippen LogP contribution in [0.2, 0.25) is 0 Å². The summed E-state index contributed by atoms with van der Waals surface area (Å²) in [5.74, 6) is 1.46. The zero-order valence-corrected chi connectivity index (χ0v) is 14.0. The van der Waals surface area contributed by atoms with E-state index in [4.69, 9.17) is 4.74 Å². The van der Waals surface area contributed by atoms with Gasteiger partial charge in [-0.3, -0.25) is 4.99 Å². The number of guanidine groups is 1. The Balaban J connectivity index is 0.00000180. The Morgan fingerprint density at radius 1 is 1.32 bits per heavy atom. The van der Waals surface area contributed by atoms with Gasteiger partial charge in [-0.05, 0) is 38.0 Å². The lowest BCUT2D eigenvalue weighted by Gasteiger charge is -2.37. The number of ether oxygens (including phenoxy) is 1. The van der Waals surface area contributed by atoms with Gasteiger partial charge in [0.2, 0.25) is 0 Å². The number of hydrogen-bond donors (Lipinski definition) is 3. The van der Waals surface area contributed by atoms with E-state index in [2.05, 4.69) is 15.6 Å². The minimum absolute atomic E-state index is 0. The van der Waals surface area contributed by atoms with Crippen molar-refractivity contribution in [2.45, 2.75) is 37.7 Å². The molecule has 6 heteroatoms. The van der Waals surface area contributed by atoms with Crippen LogP contribution in [0, 0.1) is 5.92 Å². The number of rotatable bonds is 4. The van der Waals surface area contributed by atoms with Gasteiger partial charge < -0.3 is 20.5 Å². The van der Waals surface area contributed by atoms with Crippen LogP contribution in [0.25, 0.3) is 0 Å². The molecule has 1 heterocycles. The number of hydrogen-bond acceptors (Lipinski definition) is 3. The Bertz CT molecular complexity index is 290. The van der Waals surface area contributed by atoms with Crippen LogP contribution in [-0.2, 0) is 4.74 Å². The minimum Gasteiger partial charge on any atom is -0.388 e. The first-order valence-corrected chi connectivity index (χ1v) is 6.96. The summed E-state index contributed by atoms with van der Waals surface area (Å²) >= 11 is 0. The van der Waals surface area contributed by atoms with Crippen molar-refractivity contribution in [3.8, 4) is 0 Å². The summed E-state index contributed by atoms with van der Waals surface area (Å²) in [7, 11) is 1.77. The van der Waals surface area contributed by atoms with Crippen LogP contribution in [0.15, 0.2) is 4.99 Å². The summed E-state index contributed by atoms with van der Waals surface area (Å²) in [4.78, 5) is 4.19. The molecule has 1 aliphatic carbocycles. The summed E-state index contributed by atoms with van der Waals surface area (Å²) in [6, 6.07) is 0. The Hall–Kier alpha value is -0.0800. The lowest BCUT2D eigenvalue weighted by atomic mass is 9.80. The summed E-state index contributed by atoms with van der Waals surface area (Å²) in [6.45, 7) is 3.28. The minimum atomic E-state index is -0.504. The fourth-order valence-electron chi connectivity index (χ4n) is 2.42. The van der Waals surface area contributed by atoms with E-state index in [1.165, 1.54) is 0 Å². The third-order valence-corrected chi connectivity index (χ3v) is 3.99. The zero-order valence-electron chi connectivity index (χ0n) is 11.7. The van der Waals surface area contributed by atoms with Crippen molar-refractivity contribution in [1.82, 2.24) is 10.6 Å². The van der Waals surface area contributed by atoms with E-state index in [1.54, 1.807) is 7.05 Å². The van der Waals surface area contributed by atoms with Crippen LogP contribution in [-0.4, -0.2) is 50.0 Å². The topological polar surface area (TPSA) is 65.9 Å². The molecule has 2 rings (SSSR count). The second-order valence-corrected chi connectivity index (χ2v) is 5.44. The van der Waals surface area contributed by atoms with Crippen molar-refractivity contribution in [3.63, 3.8) is 0 Å². The maximum atomic E-state index is 10.0. The predicted molar refractivity (Wildman–Crippen MR) is 87.1 cm³/mol. The number of aliphatic hydroxyl groups is 1. The number of aliphatic imine (C=N–C) groups is 1. The molecule has 0 atom stereocenters. The van der Waals surface area contributed by atoms with Gasteiger partial charge in [0.15, 0.2) is 5.96 Å². The largest absolute Gasteiger partial charge is 0.388 e. The van der Waals surface area contributed by atoms with Crippen molar-refractivity contribution in [2.75, 3.05) is 33.4 Å². The molecule has 2 fully saturated rings. The Morgan fingerprint density at radius 2 is 2.00 bits per heavy atom. The molecule has 0 aromatic carbocycles. The van der Waals surface area contributed by atoms with Crippen molar-refractivity contribution in [2.24, 2.45) is 10.9 Å². The number of nitrogens with zero attached hydrogens (tertiary/aromatic N) is 1. The predicted octanol–water partition coefficient (Wildman–Crippen LogP) is 1.11. The van der Waals surface area contributed by atoms with Crippen molar-refractivity contribution >= 4 is 29.9 Å². The van der Waals surface area contributed by atoms with Crippen LogP contribution in [0.5, 0.6) is 0 Å². The molecule has 112 valence electrons. The maximum absolute atomic E-state index is 10.0. The Labute approximate surface area is 132 Å². The highest BCUT2D eigenvalue weighted by molar-refractivity contribution is 14.0. The van der Waals surface area contributed by atoms with E-state index >= 15 is 0 Å². The van der Waals surface area contributed by atoms with Crippen LogP contribution in [0.3, 0.4) is 0 Å². The standard InChI is InChI=1S/C13H25N3O2.HI/c1-14-12(16-10-13(17)5-2-6-13)15-9-11-3-7-18-8-4-11;/h11,17H,2-10H2,1H3,(H2,14,15,16);1H. The van der Waals surface area contributed by atoms with Crippen LogP contribution >= 0.6 is 24.0 Å². The monoisotopic (exact) mass is 383 g/mol. The number of halogens is 1. The van der Waals surface area contributed by atoms with Gasteiger partial charge in [-0.25, -0.2) is 0 Å². The van der Waals surface area contributed by atoms with Crippen molar-refractivity contribution in [3.05, 3.63) is 0 Å². The van der Waals surface area contributed by atoms with Gasteiger partial charge in [0, 0.05) is 33.4 Å². The summed E-state index contributed by atoms with van der Waals surface area (Å²) in [5.41, 5.74) is -0.504. The van der Waals surface area contributed by atoms with Gasteiger partial charge in [0.05, 0.1) is 5.60 Å². The normalized spacial score (nSPS) is 23.2. The van der Waals surface area contributed by atoms with Gasteiger partial charge in [-0.2, -0.15) is 0 Å². The van der Waals surface area contributed by atoms with Gasteiger partial charge in [0.25, 0.3) is 0 Å². The van der Waals surface area contributed by atoms with E-state index in [9.17, 15) is 5.11 Å². The second kappa shape index (κ2) is 8.26. The van der Waals surface area contributed by atoms with E-state index < -0.39 is 5.60 Å². The number of nitrogens with one attached hydrogen (secondary N) is 2. The van der Waals surface area contributed by atoms with E-state index in [1.807, 2.05) is 0 Å². The summed E-state index contributed by atoms with van der Waals surface area (Å²) in [6.07, 6.45) is 5.17. The van der Waals surface area contributed by atoms with Crippen LogP contribution < -0.4 is 10.6 Å². The molecule has 0 aromatic rings. The molecule has 19 heavy (non-hydrogen) atoms. The average molecular weight is 383 g/mol. The first-order chi connectivity index (χ1) is 8.72. The first kappa shape index (κ1) is 17.0. The average Bonchev–Trinajstić information content (AvgIpc) is 2.38. The van der Waals surface area contributed by atoms with Crippen molar-refractivity contribution in [1.29, 1.82) is 0 Å². The molecule has 0 bridgehead atoms. The smallest absolute Gasteiger partial charge is 0.191 e. The first-order valence-electron chi connectivity index (χ1n) is 6.96. The molecule has 0 amide bonds. The van der Waals surface area contributed by atoms with Gasteiger partial charge in [0.1, 0.15) is 0 Å². The molecule has 0 spiro atoms. The van der Waals surface area contributed by atoms with Gasteiger partial charge >= 0.3 is 0 Å². The lowest BCUT2D eigenvalue weighted by Crippen LogP contribution is -2.51. The molecule has 3 N–H and O–H groups in total. The molecule has 1 saturated heterocycles. The molecule has 1 aliphatic heterocycles. The maximum Gasteiger partial charge on any atom is 0.191 e. The Kier molecular flexibility index (Phi) is 7.38. The molecule has 0 radical (unpaired) electrons. The molecular weight excluding hydrogens is 357 g/mol. The SMILES string of the molecule is CN=C(NCC1CCOCC1)NCC1(O)CCC1.I. The molecule has 2 aliphatic rings. The van der Waals surface area contributed by atoms with Gasteiger partial charge in [-0.15, -0.1) is 24.0 Å². The van der Waals surface area contributed by atoms with Crippen LogP contribution in [0.1, 0.15) is 32.1 Å². The van der Waals surface area contributed by atoms with E-state index in [0.29, 0.717) is 12.5 Å². The third-order valence-electron chi connectivity index (χ3n) is 3.99. The van der Waals surface area contributed by atoms with Crippen LogP contribution in [0.4, 0.5) is 0 Å². The van der Waals surface area contributed by atoms with Crippen molar-refractivity contribution < 1.29 is 9.84 Å². The zero-order chi connectivity index (χ0) is 12.8. The third kappa shape index (κ3) is 5.43. The quantitative estimate of drug-likeness (QED) is 0.387. The Morgan fingerprint density at radius 3 is 2.53 bits per heavy atom. The molecule has 5 nitrogen and oxygen atoms in total. The summed E-state index contributed by atoms with van der Waals surface area (Å²) in [5, 5.41) is 16.6. The van der Waals surface area contributed by atoms with Gasteiger partial charge in [-0.1, -0.05) is 0 Å². The van der Waals surface area contributed by atoms with E-state index in [-0.39, 0.29) is 24.0 Å². The molecular formula is C13H26IN3O2. The second-order valence-electron chi connectivity index (χ2n) is 5.44. The fourth-order valence-corrected chi connectivity index (χ4v) is 2.42. The van der Waals surface area contributed by atoms with E-state index in [0.717, 1.165) is 57.8 Å². The summed E-state index contributed by atoms with van der Waals surface area (Å²) < 4.78 is 5.34. The highest BCUT2D eigenvalue weighted by Crippen LogP contribution is 2.30. The highest BCUT2D eigenvalue weighted by Gasteiger charge is 2.34. The molecule has 0 aromatic heterocycles. The molecule has 1 saturated carbocycles. The highest BCUT2D eigenvalue weighted by atomic mass is 127. The fraction of sp³-hybridized carbons (Fsp3) is 0.923. The lowest BCUT2D eigenvalue weighted by molar-refractivity contribution is -0.0279.